The third-order valence-corrected chi connectivity index (χ3v) is 8.88. The van der Waals surface area contributed by atoms with E-state index in [4.69, 9.17) is 4.74 Å². The van der Waals surface area contributed by atoms with Crippen LogP contribution in [0.3, 0.4) is 0 Å². The summed E-state index contributed by atoms with van der Waals surface area (Å²) in [6.07, 6.45) is 11.7. The summed E-state index contributed by atoms with van der Waals surface area (Å²) in [5, 5.41) is 12.4. The molecule has 0 heterocycles. The van der Waals surface area contributed by atoms with Crippen LogP contribution < -0.4 is 0 Å². The molecule has 0 bridgehead atoms. The van der Waals surface area contributed by atoms with E-state index in [0.29, 0.717) is 17.4 Å². The van der Waals surface area contributed by atoms with Crippen molar-refractivity contribution < 1.29 is 14.6 Å². The topological polar surface area (TPSA) is 46.5 Å². The zero-order valence-electron chi connectivity index (χ0n) is 24.9. The SMILES string of the molecule is C=C(C)C(=O)OCC(CO)CC1CCC(c2ccc3cc(-c4ccc(CCCCC)c(CC)c4)ccc3c2)CC1. The van der Waals surface area contributed by atoms with Crippen LogP contribution in [-0.4, -0.2) is 24.3 Å². The molecule has 3 nitrogen and oxygen atoms in total. The van der Waals surface area contributed by atoms with Gasteiger partial charge in [-0.1, -0.05) is 81.8 Å². The van der Waals surface area contributed by atoms with Crippen LogP contribution in [0.5, 0.6) is 0 Å². The van der Waals surface area contributed by atoms with Gasteiger partial charge in [-0.05, 0) is 115 Å². The van der Waals surface area contributed by atoms with E-state index in [2.05, 4.69) is 75.0 Å². The molecule has 4 rings (SSSR count). The highest BCUT2D eigenvalue weighted by molar-refractivity contribution is 5.88. The van der Waals surface area contributed by atoms with Crippen molar-refractivity contribution in [2.24, 2.45) is 11.8 Å². The van der Waals surface area contributed by atoms with E-state index in [-0.39, 0.29) is 25.1 Å². The van der Waals surface area contributed by atoms with Crippen molar-refractivity contribution in [3.8, 4) is 11.1 Å². The maximum Gasteiger partial charge on any atom is 0.333 e. The van der Waals surface area contributed by atoms with Crippen molar-refractivity contribution in [3.05, 3.63) is 83.4 Å². The fraction of sp³-hybridized carbons (Fsp3) is 0.486. The summed E-state index contributed by atoms with van der Waals surface area (Å²) in [4.78, 5) is 11.7. The number of ether oxygens (including phenoxy) is 1. The lowest BCUT2D eigenvalue weighted by Gasteiger charge is -2.31. The molecule has 1 fully saturated rings. The van der Waals surface area contributed by atoms with Gasteiger partial charge in [-0.15, -0.1) is 0 Å². The molecule has 0 radical (unpaired) electrons. The molecular weight excluding hydrogens is 492 g/mol. The molecular formula is C37H48O3. The maximum absolute atomic E-state index is 11.7. The van der Waals surface area contributed by atoms with Gasteiger partial charge in [-0.25, -0.2) is 4.79 Å². The van der Waals surface area contributed by atoms with Gasteiger partial charge in [0.15, 0.2) is 0 Å². The number of aryl methyl sites for hydroxylation is 2. The summed E-state index contributed by atoms with van der Waals surface area (Å²) in [5.74, 6) is 0.796. The third kappa shape index (κ3) is 7.85. The van der Waals surface area contributed by atoms with Gasteiger partial charge in [-0.2, -0.15) is 0 Å². The summed E-state index contributed by atoms with van der Waals surface area (Å²) < 4.78 is 5.30. The molecule has 0 aliphatic heterocycles. The first-order chi connectivity index (χ1) is 19.4. The quantitative estimate of drug-likeness (QED) is 0.134. The monoisotopic (exact) mass is 540 g/mol. The third-order valence-electron chi connectivity index (χ3n) is 8.88. The van der Waals surface area contributed by atoms with Gasteiger partial charge in [-0.3, -0.25) is 0 Å². The highest BCUT2D eigenvalue weighted by Gasteiger charge is 2.25. The lowest BCUT2D eigenvalue weighted by atomic mass is 9.75. The van der Waals surface area contributed by atoms with Crippen LogP contribution in [0, 0.1) is 11.8 Å². The summed E-state index contributed by atoms with van der Waals surface area (Å²) in [6.45, 7) is 10.1. The fourth-order valence-electron chi connectivity index (χ4n) is 6.36. The molecule has 3 aromatic carbocycles. The zero-order chi connectivity index (χ0) is 28.5. The molecule has 0 amide bonds. The molecule has 3 aromatic rings. The molecule has 1 atom stereocenters. The zero-order valence-corrected chi connectivity index (χ0v) is 24.9. The average molecular weight is 541 g/mol. The molecule has 1 saturated carbocycles. The molecule has 40 heavy (non-hydrogen) atoms. The van der Waals surface area contributed by atoms with Crippen LogP contribution in [-0.2, 0) is 22.4 Å². The van der Waals surface area contributed by atoms with Crippen LogP contribution >= 0.6 is 0 Å². The Balaban J connectivity index is 1.37. The van der Waals surface area contributed by atoms with Gasteiger partial charge in [0, 0.05) is 18.1 Å². The minimum atomic E-state index is -0.369. The lowest BCUT2D eigenvalue weighted by Crippen LogP contribution is -2.23. The Morgan fingerprint density at radius 3 is 2.33 bits per heavy atom. The highest BCUT2D eigenvalue weighted by Crippen LogP contribution is 2.39. The second-order valence-corrected chi connectivity index (χ2v) is 12.0. The number of rotatable bonds is 13. The summed E-state index contributed by atoms with van der Waals surface area (Å²) >= 11 is 0. The van der Waals surface area contributed by atoms with E-state index in [1.54, 1.807) is 6.92 Å². The second kappa shape index (κ2) is 14.6. The number of aliphatic hydroxyl groups is 1. The molecule has 1 aliphatic rings. The van der Waals surface area contributed by atoms with Gasteiger partial charge in [0.05, 0.1) is 6.61 Å². The summed E-state index contributed by atoms with van der Waals surface area (Å²) in [6, 6.07) is 21.0. The highest BCUT2D eigenvalue weighted by atomic mass is 16.5. The Hall–Kier alpha value is -2.91. The lowest BCUT2D eigenvalue weighted by molar-refractivity contribution is -0.140. The van der Waals surface area contributed by atoms with Gasteiger partial charge in [0.1, 0.15) is 0 Å². The number of carbonyl (C=O) groups is 1. The fourth-order valence-corrected chi connectivity index (χ4v) is 6.36. The van der Waals surface area contributed by atoms with Crippen LogP contribution in [0.25, 0.3) is 21.9 Å². The molecule has 0 saturated heterocycles. The molecule has 1 aliphatic carbocycles. The number of hydrogen-bond acceptors (Lipinski definition) is 3. The molecule has 1 N–H and O–H groups in total. The summed E-state index contributed by atoms with van der Waals surface area (Å²) in [7, 11) is 0. The Labute approximate surface area is 241 Å². The van der Waals surface area contributed by atoms with Crippen molar-refractivity contribution in [2.75, 3.05) is 13.2 Å². The van der Waals surface area contributed by atoms with Gasteiger partial charge >= 0.3 is 5.97 Å². The Morgan fingerprint density at radius 1 is 0.925 bits per heavy atom. The van der Waals surface area contributed by atoms with Gasteiger partial charge < -0.3 is 9.84 Å². The smallest absolute Gasteiger partial charge is 0.333 e. The predicted octanol–water partition coefficient (Wildman–Crippen LogP) is 9.19. The average Bonchev–Trinajstić information content (AvgIpc) is 2.99. The number of hydrogen-bond donors (Lipinski definition) is 1. The largest absolute Gasteiger partial charge is 0.462 e. The Morgan fingerprint density at radius 2 is 1.62 bits per heavy atom. The Kier molecular flexibility index (Phi) is 11.0. The molecule has 3 heteroatoms. The maximum atomic E-state index is 11.7. The van der Waals surface area contributed by atoms with Gasteiger partial charge in [0.25, 0.3) is 0 Å². The van der Waals surface area contributed by atoms with E-state index in [0.717, 1.165) is 25.7 Å². The molecule has 0 aromatic heterocycles. The van der Waals surface area contributed by atoms with E-state index >= 15 is 0 Å². The van der Waals surface area contributed by atoms with E-state index in [1.807, 2.05) is 0 Å². The first-order valence-electron chi connectivity index (χ1n) is 15.5. The minimum absolute atomic E-state index is 0.00498. The van der Waals surface area contributed by atoms with Crippen molar-refractivity contribution in [3.63, 3.8) is 0 Å². The number of fused-ring (bicyclic) bond motifs is 1. The van der Waals surface area contributed by atoms with Crippen LogP contribution in [0.1, 0.15) is 94.7 Å². The van der Waals surface area contributed by atoms with E-state index in [1.165, 1.54) is 77.1 Å². The van der Waals surface area contributed by atoms with Crippen LogP contribution in [0.4, 0.5) is 0 Å². The molecule has 214 valence electrons. The normalized spacial score (nSPS) is 18.0. The Bertz CT molecular complexity index is 1280. The first kappa shape index (κ1) is 30.1. The number of carbonyl (C=O) groups excluding carboxylic acids is 1. The number of unbranched alkanes of at least 4 members (excludes halogenated alkanes) is 2. The van der Waals surface area contributed by atoms with Crippen LogP contribution in [0.2, 0.25) is 0 Å². The van der Waals surface area contributed by atoms with Crippen molar-refractivity contribution >= 4 is 16.7 Å². The van der Waals surface area contributed by atoms with Crippen molar-refractivity contribution in [1.29, 1.82) is 0 Å². The van der Waals surface area contributed by atoms with Crippen molar-refractivity contribution in [1.82, 2.24) is 0 Å². The van der Waals surface area contributed by atoms with E-state index < -0.39 is 0 Å². The van der Waals surface area contributed by atoms with Crippen LogP contribution in [0.15, 0.2) is 66.7 Å². The second-order valence-electron chi connectivity index (χ2n) is 12.0. The summed E-state index contributed by atoms with van der Waals surface area (Å²) in [5.41, 5.74) is 7.45. The standard InChI is InChI=1S/C37H48O3/c1-5-7-8-9-30-14-15-33(21-29(30)6-2)35-19-18-34-22-32(16-17-36(34)23-35)31-12-10-27(11-13-31)20-28(24-38)25-40-37(39)26(3)4/h14-19,21-23,27-28,31,38H,3,5-13,20,24-25H2,1-2,4H3. The minimum Gasteiger partial charge on any atom is -0.462 e. The number of esters is 1. The predicted molar refractivity (Wildman–Crippen MR) is 168 cm³/mol. The number of aliphatic hydroxyl groups excluding tert-OH is 1. The first-order valence-corrected chi connectivity index (χ1v) is 15.5. The van der Waals surface area contributed by atoms with Crippen molar-refractivity contribution in [2.45, 2.75) is 90.9 Å². The number of benzene rings is 3. The van der Waals surface area contributed by atoms with E-state index in [9.17, 15) is 9.90 Å². The molecule has 1 unspecified atom stereocenters. The van der Waals surface area contributed by atoms with Gasteiger partial charge in [0.2, 0.25) is 0 Å². The molecule has 0 spiro atoms.